The first kappa shape index (κ1) is 73.4. The molecule has 0 aliphatic rings. The second kappa shape index (κ2) is 64.9. The average molecular weight is 1060 g/mol. The Balaban J connectivity index is 4.18. The number of carbonyl (C=O) groups excluding carboxylic acids is 3. The van der Waals surface area contributed by atoms with Crippen LogP contribution in [0.25, 0.3) is 0 Å². The molecular weight excluding hydrogens is 925 g/mol. The van der Waals surface area contributed by atoms with E-state index >= 15 is 0 Å². The molecule has 0 aromatic heterocycles. The maximum Gasteiger partial charge on any atom is 0.306 e. The molecule has 0 amide bonds. The van der Waals surface area contributed by atoms with E-state index < -0.39 is 6.10 Å². The minimum absolute atomic E-state index is 0.0603. The zero-order valence-corrected chi connectivity index (χ0v) is 51.4. The van der Waals surface area contributed by atoms with Crippen molar-refractivity contribution in [3.63, 3.8) is 0 Å². The van der Waals surface area contributed by atoms with Gasteiger partial charge in [0.2, 0.25) is 0 Å². The summed E-state index contributed by atoms with van der Waals surface area (Å²) in [5.74, 6) is -0.821. The minimum Gasteiger partial charge on any atom is -0.462 e. The lowest BCUT2D eigenvalue weighted by molar-refractivity contribution is -0.167. The lowest BCUT2D eigenvalue weighted by Crippen LogP contribution is -2.30. The fourth-order valence-electron chi connectivity index (χ4n) is 10.9. The molecule has 0 fully saturated rings. The summed E-state index contributed by atoms with van der Waals surface area (Å²) in [4.78, 5) is 38.4. The van der Waals surface area contributed by atoms with Gasteiger partial charge in [-0.2, -0.15) is 0 Å². The predicted molar refractivity (Wildman–Crippen MR) is 326 cm³/mol. The van der Waals surface area contributed by atoms with E-state index in [0.717, 1.165) is 57.8 Å². The fourth-order valence-corrected chi connectivity index (χ4v) is 10.9. The third-order valence-electron chi connectivity index (χ3n) is 16.1. The molecule has 0 aliphatic heterocycles. The number of rotatable bonds is 65. The van der Waals surface area contributed by atoms with Crippen molar-refractivity contribution in [3.8, 4) is 0 Å². The van der Waals surface area contributed by atoms with Gasteiger partial charge in [-0.1, -0.05) is 367 Å². The van der Waals surface area contributed by atoms with Crippen molar-refractivity contribution in [2.75, 3.05) is 13.2 Å². The molecule has 0 aromatic rings. The first-order valence-electron chi connectivity index (χ1n) is 34.5. The van der Waals surface area contributed by atoms with E-state index in [9.17, 15) is 14.4 Å². The Kier molecular flexibility index (Phi) is 63.6. The first-order chi connectivity index (χ1) is 37.0. The SMILES string of the molecule is CCCCCCCCCCCCCCCCCCCCCCCCCCCCC(=O)OCC(COC(=O)CCCCCCCCCCCCCCCC)OC(=O)CCCCCCCCCCCCCCCCCCC. The topological polar surface area (TPSA) is 78.9 Å². The van der Waals surface area contributed by atoms with Crippen LogP contribution in [0, 0.1) is 0 Å². The molecule has 1 atom stereocenters. The Bertz CT molecular complexity index is 1120. The smallest absolute Gasteiger partial charge is 0.306 e. The Morgan fingerprint density at radius 3 is 0.533 bits per heavy atom. The Morgan fingerprint density at radius 1 is 0.213 bits per heavy atom. The molecule has 0 radical (unpaired) electrons. The van der Waals surface area contributed by atoms with Crippen LogP contribution < -0.4 is 0 Å². The molecule has 0 aliphatic carbocycles. The molecule has 0 N–H and O–H groups in total. The van der Waals surface area contributed by atoms with Crippen LogP contribution in [0.15, 0.2) is 0 Å². The maximum absolute atomic E-state index is 12.9. The van der Waals surface area contributed by atoms with Crippen molar-refractivity contribution in [3.05, 3.63) is 0 Å². The average Bonchev–Trinajstić information content (AvgIpc) is 3.41. The van der Waals surface area contributed by atoms with Gasteiger partial charge in [0, 0.05) is 19.3 Å². The van der Waals surface area contributed by atoms with Crippen LogP contribution >= 0.6 is 0 Å². The van der Waals surface area contributed by atoms with Crippen molar-refractivity contribution in [2.45, 2.75) is 412 Å². The normalized spacial score (nSPS) is 11.9. The summed E-state index contributed by atoms with van der Waals surface area (Å²) in [6.07, 6.45) is 75.6. The number of esters is 3. The first-order valence-corrected chi connectivity index (χ1v) is 34.5. The summed E-state index contributed by atoms with van der Waals surface area (Å²) in [5, 5.41) is 0. The molecule has 0 bridgehead atoms. The van der Waals surface area contributed by atoms with Crippen molar-refractivity contribution in [1.82, 2.24) is 0 Å². The van der Waals surface area contributed by atoms with Gasteiger partial charge in [0.15, 0.2) is 6.10 Å². The van der Waals surface area contributed by atoms with E-state index in [1.807, 2.05) is 0 Å². The Morgan fingerprint density at radius 2 is 0.360 bits per heavy atom. The molecule has 0 saturated heterocycles. The second-order valence-electron chi connectivity index (χ2n) is 23.8. The highest BCUT2D eigenvalue weighted by atomic mass is 16.6. The zero-order chi connectivity index (χ0) is 54.3. The summed E-state index contributed by atoms with van der Waals surface area (Å²) < 4.78 is 17.0. The van der Waals surface area contributed by atoms with Crippen LogP contribution in [0.2, 0.25) is 0 Å². The molecule has 0 heterocycles. The Labute approximate surface area is 469 Å². The molecule has 6 heteroatoms. The van der Waals surface area contributed by atoms with Gasteiger partial charge in [-0.15, -0.1) is 0 Å². The number of hydrogen-bond acceptors (Lipinski definition) is 6. The fraction of sp³-hybridized carbons (Fsp3) is 0.957. The number of carbonyl (C=O) groups is 3. The predicted octanol–water partition coefficient (Wildman–Crippen LogP) is 23.5. The minimum atomic E-state index is -0.763. The summed E-state index contributed by atoms with van der Waals surface area (Å²) in [5.41, 5.74) is 0. The summed E-state index contributed by atoms with van der Waals surface area (Å²) >= 11 is 0. The lowest BCUT2D eigenvalue weighted by atomic mass is 10.0. The standard InChI is InChI=1S/C69H134O6/c1-4-7-10-13-16-19-22-25-28-30-31-32-33-34-35-36-37-38-40-41-44-47-50-53-56-59-62-68(71)74-65-66(64-73-67(70)61-58-55-52-49-46-43-27-24-21-18-15-12-9-6-3)75-69(72)63-60-57-54-51-48-45-42-39-29-26-23-20-17-14-11-8-5-2/h66H,4-65H2,1-3H3. The summed E-state index contributed by atoms with van der Waals surface area (Å²) in [6, 6.07) is 0. The quantitative estimate of drug-likeness (QED) is 0.0343. The number of hydrogen-bond donors (Lipinski definition) is 0. The van der Waals surface area contributed by atoms with Crippen LogP contribution in [0.4, 0.5) is 0 Å². The second-order valence-corrected chi connectivity index (χ2v) is 23.8. The van der Waals surface area contributed by atoms with Crippen LogP contribution in [-0.2, 0) is 28.6 Å². The van der Waals surface area contributed by atoms with Gasteiger partial charge < -0.3 is 14.2 Å². The highest BCUT2D eigenvalue weighted by Crippen LogP contribution is 2.19. The van der Waals surface area contributed by atoms with E-state index in [4.69, 9.17) is 14.2 Å². The van der Waals surface area contributed by atoms with Crippen molar-refractivity contribution in [2.24, 2.45) is 0 Å². The lowest BCUT2D eigenvalue weighted by Gasteiger charge is -2.18. The van der Waals surface area contributed by atoms with Gasteiger partial charge >= 0.3 is 17.9 Å². The third kappa shape index (κ3) is 63.1. The van der Waals surface area contributed by atoms with E-state index in [1.165, 1.54) is 308 Å². The van der Waals surface area contributed by atoms with Gasteiger partial charge in [-0.25, -0.2) is 0 Å². The molecule has 0 rings (SSSR count). The number of ether oxygens (including phenoxy) is 3. The van der Waals surface area contributed by atoms with Gasteiger partial charge in [0.1, 0.15) is 13.2 Å². The summed E-state index contributed by atoms with van der Waals surface area (Å²) in [7, 11) is 0. The largest absolute Gasteiger partial charge is 0.462 e. The molecule has 1 unspecified atom stereocenters. The van der Waals surface area contributed by atoms with Crippen LogP contribution in [0.5, 0.6) is 0 Å². The van der Waals surface area contributed by atoms with Crippen LogP contribution in [-0.4, -0.2) is 37.2 Å². The number of unbranched alkanes of at least 4 members (excludes halogenated alkanes) is 54. The van der Waals surface area contributed by atoms with Crippen molar-refractivity contribution < 1.29 is 28.6 Å². The molecule has 75 heavy (non-hydrogen) atoms. The van der Waals surface area contributed by atoms with Crippen LogP contribution in [0.3, 0.4) is 0 Å². The van der Waals surface area contributed by atoms with Crippen LogP contribution in [0.1, 0.15) is 406 Å². The molecular formula is C69H134O6. The third-order valence-corrected chi connectivity index (χ3v) is 16.1. The maximum atomic E-state index is 12.9. The summed E-state index contributed by atoms with van der Waals surface area (Å²) in [6.45, 7) is 6.74. The Hall–Kier alpha value is -1.59. The molecule has 0 saturated carbocycles. The van der Waals surface area contributed by atoms with Gasteiger partial charge in [-0.3, -0.25) is 14.4 Å². The van der Waals surface area contributed by atoms with E-state index in [0.29, 0.717) is 19.3 Å². The zero-order valence-electron chi connectivity index (χ0n) is 51.4. The van der Waals surface area contributed by atoms with Gasteiger partial charge in [0.05, 0.1) is 0 Å². The van der Waals surface area contributed by atoms with Gasteiger partial charge in [-0.05, 0) is 19.3 Å². The molecule has 446 valence electrons. The molecule has 6 nitrogen and oxygen atoms in total. The van der Waals surface area contributed by atoms with Gasteiger partial charge in [0.25, 0.3) is 0 Å². The molecule has 0 spiro atoms. The van der Waals surface area contributed by atoms with E-state index in [-0.39, 0.29) is 31.1 Å². The van der Waals surface area contributed by atoms with Crippen molar-refractivity contribution in [1.29, 1.82) is 0 Å². The monoisotopic (exact) mass is 1060 g/mol. The van der Waals surface area contributed by atoms with Crippen molar-refractivity contribution >= 4 is 17.9 Å². The highest BCUT2D eigenvalue weighted by Gasteiger charge is 2.19. The molecule has 0 aromatic carbocycles. The van der Waals surface area contributed by atoms with E-state index in [2.05, 4.69) is 20.8 Å². The highest BCUT2D eigenvalue weighted by molar-refractivity contribution is 5.71. The van der Waals surface area contributed by atoms with E-state index in [1.54, 1.807) is 0 Å².